The zero-order valence-electron chi connectivity index (χ0n) is 16.3. The monoisotopic (exact) mass is 478 g/mol. The molecule has 1 aliphatic rings. The minimum atomic E-state index is -3.96. The Kier molecular flexibility index (Phi) is 6.00. The van der Waals surface area contributed by atoms with Crippen molar-refractivity contribution in [1.29, 1.82) is 0 Å². The van der Waals surface area contributed by atoms with Crippen LogP contribution in [0.15, 0.2) is 52.7 Å². The molecule has 8 nitrogen and oxygen atoms in total. The van der Waals surface area contributed by atoms with Gasteiger partial charge in [-0.1, -0.05) is 6.07 Å². The molecular formula is C20H16F2N4O4S2. The van der Waals surface area contributed by atoms with E-state index >= 15 is 0 Å². The third kappa shape index (κ3) is 4.52. The highest BCUT2D eigenvalue weighted by atomic mass is 32.2. The number of rotatable bonds is 5. The molecule has 12 heteroatoms. The predicted octanol–water partition coefficient (Wildman–Crippen LogP) is 2.46. The highest BCUT2D eigenvalue weighted by Crippen LogP contribution is 2.28. The average Bonchev–Trinajstić information content (AvgIpc) is 3.23. The van der Waals surface area contributed by atoms with Crippen LogP contribution in [0.1, 0.15) is 10.4 Å². The molecule has 0 saturated carbocycles. The van der Waals surface area contributed by atoms with Crippen LogP contribution in [0, 0.1) is 11.6 Å². The minimum Gasteiger partial charge on any atom is -0.354 e. The summed E-state index contributed by atoms with van der Waals surface area (Å²) in [7, 11) is -3.96. The molecule has 4 rings (SSSR count). The van der Waals surface area contributed by atoms with Crippen LogP contribution in [0.4, 0.5) is 13.9 Å². The smallest absolute Gasteiger partial charge is 0.257 e. The second kappa shape index (κ2) is 8.73. The molecule has 2 aromatic carbocycles. The van der Waals surface area contributed by atoms with Gasteiger partial charge in [0.2, 0.25) is 15.9 Å². The number of benzene rings is 2. The number of nitrogens with zero attached hydrogens (tertiary/aromatic N) is 2. The lowest BCUT2D eigenvalue weighted by molar-refractivity contribution is -0.122. The molecule has 0 bridgehead atoms. The van der Waals surface area contributed by atoms with Crippen molar-refractivity contribution >= 4 is 38.3 Å². The fraction of sp³-hybridized carbons (Fsp3) is 0.150. The number of aromatic nitrogens is 1. The number of hydrogen-bond acceptors (Lipinski definition) is 6. The Bertz CT molecular complexity index is 1310. The Balaban J connectivity index is 1.53. The number of nitrogens with one attached hydrogen (secondary N) is 2. The molecule has 2 amide bonds. The molecule has 0 unspecified atom stereocenters. The van der Waals surface area contributed by atoms with Crippen LogP contribution in [0.25, 0.3) is 11.3 Å². The third-order valence-corrected chi connectivity index (χ3v) is 7.27. The molecule has 0 spiro atoms. The largest absolute Gasteiger partial charge is 0.354 e. The normalized spacial score (nSPS) is 14.8. The quantitative estimate of drug-likeness (QED) is 0.586. The SMILES string of the molecule is O=C1CN(S(=O)(=O)c2cccc(C(=O)Nc3nc(-c4cc(F)ccc4F)cs3)c2)CCN1. The average molecular weight is 479 g/mol. The van der Waals surface area contributed by atoms with Gasteiger partial charge in [0.25, 0.3) is 5.91 Å². The molecule has 1 saturated heterocycles. The maximum Gasteiger partial charge on any atom is 0.257 e. The van der Waals surface area contributed by atoms with Crippen LogP contribution in [0.2, 0.25) is 0 Å². The van der Waals surface area contributed by atoms with Gasteiger partial charge in [0.1, 0.15) is 11.6 Å². The van der Waals surface area contributed by atoms with Gasteiger partial charge in [0.15, 0.2) is 5.13 Å². The second-order valence-corrected chi connectivity index (χ2v) is 9.63. The standard InChI is InChI=1S/C20H16F2N4O4S2/c21-13-4-5-16(22)15(9-13)17-11-31-20(24-17)25-19(28)12-2-1-3-14(8-12)32(29,30)26-7-6-23-18(27)10-26/h1-5,8-9,11H,6-7,10H2,(H,23,27)(H,24,25,28). The Labute approximate surface area is 185 Å². The number of hydrogen-bond donors (Lipinski definition) is 2. The number of amides is 2. The van der Waals surface area contributed by atoms with Crippen LogP contribution in [-0.4, -0.2) is 49.2 Å². The zero-order valence-corrected chi connectivity index (χ0v) is 18.0. The maximum atomic E-state index is 14.0. The fourth-order valence-corrected chi connectivity index (χ4v) is 5.23. The van der Waals surface area contributed by atoms with E-state index in [-0.39, 0.29) is 46.5 Å². The topological polar surface area (TPSA) is 108 Å². The Hall–Kier alpha value is -3.22. The van der Waals surface area contributed by atoms with Crippen LogP contribution < -0.4 is 10.6 Å². The summed E-state index contributed by atoms with van der Waals surface area (Å²) < 4.78 is 54.1. The van der Waals surface area contributed by atoms with Gasteiger partial charge in [0, 0.05) is 29.6 Å². The first-order valence-corrected chi connectivity index (χ1v) is 11.7. The van der Waals surface area contributed by atoms with Crippen LogP contribution in [0.5, 0.6) is 0 Å². The van der Waals surface area contributed by atoms with Crippen molar-refractivity contribution in [3.63, 3.8) is 0 Å². The minimum absolute atomic E-state index is 0.0413. The van der Waals surface area contributed by atoms with Gasteiger partial charge in [-0.3, -0.25) is 14.9 Å². The summed E-state index contributed by atoms with van der Waals surface area (Å²) in [5.74, 6) is -2.30. The summed E-state index contributed by atoms with van der Waals surface area (Å²) in [5.41, 5.74) is 0.170. The summed E-state index contributed by atoms with van der Waals surface area (Å²) in [5, 5.41) is 6.68. The number of carbonyl (C=O) groups excluding carboxylic acids is 2. The molecule has 2 N–H and O–H groups in total. The lowest BCUT2D eigenvalue weighted by atomic mass is 10.1. The van der Waals surface area contributed by atoms with E-state index in [1.54, 1.807) is 0 Å². The van der Waals surface area contributed by atoms with Crippen molar-refractivity contribution in [2.75, 3.05) is 25.0 Å². The highest BCUT2D eigenvalue weighted by Gasteiger charge is 2.29. The molecule has 1 aromatic heterocycles. The van der Waals surface area contributed by atoms with E-state index in [0.717, 1.165) is 33.8 Å². The second-order valence-electron chi connectivity index (χ2n) is 6.83. The number of carbonyl (C=O) groups is 2. The molecular weight excluding hydrogens is 462 g/mol. The number of thiazole rings is 1. The van der Waals surface area contributed by atoms with E-state index in [0.29, 0.717) is 0 Å². The van der Waals surface area contributed by atoms with Crippen LogP contribution >= 0.6 is 11.3 Å². The van der Waals surface area contributed by atoms with Crippen LogP contribution in [-0.2, 0) is 14.8 Å². The van der Waals surface area contributed by atoms with Crippen molar-refractivity contribution in [3.05, 3.63) is 65.0 Å². The lowest BCUT2D eigenvalue weighted by Gasteiger charge is -2.26. The van der Waals surface area contributed by atoms with E-state index in [9.17, 15) is 26.8 Å². The first-order chi connectivity index (χ1) is 15.2. The Morgan fingerprint density at radius 2 is 2.00 bits per heavy atom. The summed E-state index contributed by atoms with van der Waals surface area (Å²) in [6, 6.07) is 8.38. The fourth-order valence-electron chi connectivity index (χ4n) is 3.09. The van der Waals surface area contributed by atoms with Crippen molar-refractivity contribution in [1.82, 2.24) is 14.6 Å². The first-order valence-electron chi connectivity index (χ1n) is 9.33. The molecule has 32 heavy (non-hydrogen) atoms. The predicted molar refractivity (Wildman–Crippen MR) is 114 cm³/mol. The molecule has 1 aliphatic heterocycles. The number of anilines is 1. The lowest BCUT2D eigenvalue weighted by Crippen LogP contribution is -2.49. The van der Waals surface area contributed by atoms with Gasteiger partial charge in [0.05, 0.1) is 17.1 Å². The maximum absolute atomic E-state index is 14.0. The Morgan fingerprint density at radius 1 is 1.19 bits per heavy atom. The van der Waals surface area contributed by atoms with Crippen LogP contribution in [0.3, 0.4) is 0 Å². The van der Waals surface area contributed by atoms with Crippen molar-refractivity contribution in [2.24, 2.45) is 0 Å². The molecule has 0 radical (unpaired) electrons. The number of sulfonamides is 1. The zero-order chi connectivity index (χ0) is 22.9. The van der Waals surface area contributed by atoms with Crippen molar-refractivity contribution < 1.29 is 26.8 Å². The summed E-state index contributed by atoms with van der Waals surface area (Å²) in [6.45, 7) is 0.0385. The van der Waals surface area contributed by atoms with E-state index in [1.165, 1.54) is 29.6 Å². The van der Waals surface area contributed by atoms with Crippen molar-refractivity contribution in [3.8, 4) is 11.3 Å². The van der Waals surface area contributed by atoms with Gasteiger partial charge >= 0.3 is 0 Å². The Morgan fingerprint density at radius 3 is 2.78 bits per heavy atom. The molecule has 166 valence electrons. The van der Waals surface area contributed by atoms with E-state index in [4.69, 9.17) is 0 Å². The molecule has 3 aromatic rings. The summed E-state index contributed by atoms with van der Waals surface area (Å²) in [6.07, 6.45) is 0. The van der Waals surface area contributed by atoms with Gasteiger partial charge < -0.3 is 5.32 Å². The summed E-state index contributed by atoms with van der Waals surface area (Å²) in [4.78, 5) is 28.2. The molecule has 2 heterocycles. The van der Waals surface area contributed by atoms with Gasteiger partial charge in [-0.25, -0.2) is 22.2 Å². The molecule has 1 fully saturated rings. The van der Waals surface area contributed by atoms with E-state index in [2.05, 4.69) is 15.6 Å². The number of piperazine rings is 1. The number of halogens is 2. The highest BCUT2D eigenvalue weighted by molar-refractivity contribution is 7.89. The first kappa shape index (κ1) is 22.0. The summed E-state index contributed by atoms with van der Waals surface area (Å²) >= 11 is 1.01. The van der Waals surface area contributed by atoms with Gasteiger partial charge in [-0.05, 0) is 36.4 Å². The third-order valence-electron chi connectivity index (χ3n) is 4.67. The van der Waals surface area contributed by atoms with E-state index in [1.807, 2.05) is 0 Å². The molecule has 0 aliphatic carbocycles. The van der Waals surface area contributed by atoms with Crippen molar-refractivity contribution in [2.45, 2.75) is 4.90 Å². The molecule has 0 atom stereocenters. The van der Waals surface area contributed by atoms with Gasteiger partial charge in [-0.15, -0.1) is 11.3 Å². The van der Waals surface area contributed by atoms with Gasteiger partial charge in [-0.2, -0.15) is 4.31 Å². The van der Waals surface area contributed by atoms with E-state index < -0.39 is 33.5 Å².